The zero-order valence-electron chi connectivity index (χ0n) is 18.7. The van der Waals surface area contributed by atoms with Gasteiger partial charge in [-0.05, 0) is 48.5 Å². The summed E-state index contributed by atoms with van der Waals surface area (Å²) in [5.74, 6) is -0.573. The fourth-order valence-electron chi connectivity index (χ4n) is 2.78. The van der Waals surface area contributed by atoms with Crippen molar-refractivity contribution < 1.29 is 28.7 Å². The van der Waals surface area contributed by atoms with Gasteiger partial charge in [0.15, 0.2) is 0 Å². The summed E-state index contributed by atoms with van der Waals surface area (Å²) in [6.07, 6.45) is -2.17. The molecule has 0 saturated heterocycles. The third-order valence-electron chi connectivity index (χ3n) is 3.99. The Kier molecular flexibility index (Phi) is 6.15. The lowest BCUT2D eigenvalue weighted by atomic mass is 9.90. The van der Waals surface area contributed by atoms with Crippen molar-refractivity contribution in [2.45, 2.75) is 65.2 Å². The van der Waals surface area contributed by atoms with Crippen LogP contribution in [0.3, 0.4) is 0 Å². The second-order valence-corrected chi connectivity index (χ2v) is 9.05. The Morgan fingerprint density at radius 1 is 1.00 bits per heavy atom. The molecule has 0 saturated carbocycles. The predicted octanol–water partition coefficient (Wildman–Crippen LogP) is 3.73. The van der Waals surface area contributed by atoms with E-state index in [1.165, 1.54) is 14.0 Å². The molecule has 1 aliphatic rings. The molecule has 30 heavy (non-hydrogen) atoms. The van der Waals surface area contributed by atoms with Crippen LogP contribution in [0, 0.1) is 0 Å². The van der Waals surface area contributed by atoms with Crippen LogP contribution in [-0.4, -0.2) is 57.7 Å². The molecule has 9 nitrogen and oxygen atoms in total. The molecule has 2 amide bonds. The quantitative estimate of drug-likeness (QED) is 0.535. The molecule has 1 aliphatic heterocycles. The zero-order valence-corrected chi connectivity index (χ0v) is 18.7. The molecule has 9 heteroatoms. The molecule has 1 aromatic rings. The second-order valence-electron chi connectivity index (χ2n) is 9.05. The average Bonchev–Trinajstić information content (AvgIpc) is 2.82. The maximum atomic E-state index is 13.1. The van der Waals surface area contributed by atoms with Gasteiger partial charge in [-0.2, -0.15) is 5.10 Å². The number of carbonyl (C=O) groups is 3. The predicted molar refractivity (Wildman–Crippen MR) is 110 cm³/mol. The lowest BCUT2D eigenvalue weighted by Crippen LogP contribution is -2.61. The minimum atomic E-state index is -1.77. The fraction of sp³-hybridized carbons (Fsp3) is 0.524. The number of carbonyl (C=O) groups excluding carboxylic acids is 3. The maximum Gasteiger partial charge on any atom is 0.534 e. The minimum absolute atomic E-state index is 0.227. The van der Waals surface area contributed by atoms with E-state index < -0.39 is 34.9 Å². The lowest BCUT2D eigenvalue weighted by Gasteiger charge is -2.36. The molecule has 0 fully saturated rings. The molecular formula is C21H29N3O6. The van der Waals surface area contributed by atoms with E-state index >= 15 is 0 Å². The first-order chi connectivity index (χ1) is 13.6. The van der Waals surface area contributed by atoms with Crippen LogP contribution in [0.4, 0.5) is 9.59 Å². The number of hydroxylamine groups is 2. The SMILES string of the molecule is CN1N=C(c2ccccc2)C(C)(N(OC(=O)OC(C)(C)C)C(=O)OC(C)(C)C)C1=O. The molecule has 164 valence electrons. The summed E-state index contributed by atoms with van der Waals surface area (Å²) in [6.45, 7) is 11.4. The Balaban J connectivity index is 2.53. The van der Waals surface area contributed by atoms with Gasteiger partial charge >= 0.3 is 12.2 Å². The van der Waals surface area contributed by atoms with Crippen molar-refractivity contribution in [3.05, 3.63) is 35.9 Å². The number of benzene rings is 1. The largest absolute Gasteiger partial charge is 0.534 e. The zero-order chi connectivity index (χ0) is 22.9. The Morgan fingerprint density at radius 3 is 2.03 bits per heavy atom. The summed E-state index contributed by atoms with van der Waals surface area (Å²) in [5, 5.41) is 5.99. The molecular weight excluding hydrogens is 390 g/mol. The van der Waals surface area contributed by atoms with Crippen molar-refractivity contribution in [1.29, 1.82) is 0 Å². The molecule has 2 rings (SSSR count). The van der Waals surface area contributed by atoms with Crippen LogP contribution < -0.4 is 0 Å². The molecule has 0 aromatic heterocycles. The van der Waals surface area contributed by atoms with Gasteiger partial charge < -0.3 is 9.47 Å². The van der Waals surface area contributed by atoms with E-state index in [4.69, 9.17) is 14.3 Å². The van der Waals surface area contributed by atoms with Gasteiger partial charge in [-0.3, -0.25) is 9.63 Å². The fourth-order valence-corrected chi connectivity index (χ4v) is 2.78. The minimum Gasteiger partial charge on any atom is -0.442 e. The third-order valence-corrected chi connectivity index (χ3v) is 3.99. The molecule has 1 atom stereocenters. The number of hydrogen-bond donors (Lipinski definition) is 0. The van der Waals surface area contributed by atoms with Gasteiger partial charge in [0.25, 0.3) is 5.91 Å². The van der Waals surface area contributed by atoms with Crippen LogP contribution >= 0.6 is 0 Å². The first-order valence-corrected chi connectivity index (χ1v) is 9.52. The summed E-state index contributed by atoms with van der Waals surface area (Å²) >= 11 is 0. The van der Waals surface area contributed by atoms with E-state index in [2.05, 4.69) is 5.10 Å². The molecule has 1 heterocycles. The van der Waals surface area contributed by atoms with Crippen molar-refractivity contribution in [3.63, 3.8) is 0 Å². The summed E-state index contributed by atoms with van der Waals surface area (Å²) < 4.78 is 10.6. The summed E-state index contributed by atoms with van der Waals surface area (Å²) in [7, 11) is 1.46. The topological polar surface area (TPSA) is 97.7 Å². The first-order valence-electron chi connectivity index (χ1n) is 9.52. The van der Waals surface area contributed by atoms with Crippen LogP contribution in [0.1, 0.15) is 54.0 Å². The number of nitrogens with zero attached hydrogens (tertiary/aromatic N) is 3. The standard InChI is InChI=1S/C21H29N3O6/c1-19(2,3)28-17(26)24(30-18(27)29-20(4,5)6)21(7)15(22-23(8)16(21)25)14-12-10-9-11-13-14/h9-13H,1-8H3. The number of ether oxygens (including phenoxy) is 2. The molecule has 1 unspecified atom stereocenters. The van der Waals surface area contributed by atoms with E-state index in [0.29, 0.717) is 10.6 Å². The third kappa shape index (κ3) is 5.08. The Bertz CT molecular complexity index is 854. The highest BCUT2D eigenvalue weighted by molar-refractivity contribution is 6.24. The van der Waals surface area contributed by atoms with Gasteiger partial charge in [0.2, 0.25) is 5.54 Å². The van der Waals surface area contributed by atoms with E-state index in [1.807, 2.05) is 6.07 Å². The molecule has 0 bridgehead atoms. The van der Waals surface area contributed by atoms with Crippen LogP contribution in [0.15, 0.2) is 35.4 Å². The van der Waals surface area contributed by atoms with E-state index in [-0.39, 0.29) is 5.71 Å². The van der Waals surface area contributed by atoms with Crippen LogP contribution in [0.25, 0.3) is 0 Å². The molecule has 0 aliphatic carbocycles. The number of hydrogen-bond acceptors (Lipinski definition) is 7. The van der Waals surface area contributed by atoms with Gasteiger partial charge in [0.1, 0.15) is 16.9 Å². The lowest BCUT2D eigenvalue weighted by molar-refractivity contribution is -0.176. The van der Waals surface area contributed by atoms with Crippen molar-refractivity contribution in [1.82, 2.24) is 10.1 Å². The first kappa shape index (κ1) is 23.2. The highest BCUT2D eigenvalue weighted by Gasteiger charge is 2.57. The monoisotopic (exact) mass is 419 g/mol. The number of likely N-dealkylation sites (N-methyl/N-ethyl adjacent to an activating group) is 1. The van der Waals surface area contributed by atoms with E-state index in [0.717, 1.165) is 5.01 Å². The molecule has 1 aromatic carbocycles. The number of rotatable bonds is 2. The Morgan fingerprint density at radius 2 is 1.53 bits per heavy atom. The summed E-state index contributed by atoms with van der Waals surface area (Å²) in [4.78, 5) is 43.8. The van der Waals surface area contributed by atoms with Crippen molar-refractivity contribution in [2.24, 2.45) is 5.10 Å². The van der Waals surface area contributed by atoms with Crippen molar-refractivity contribution in [3.8, 4) is 0 Å². The van der Waals surface area contributed by atoms with Crippen molar-refractivity contribution in [2.75, 3.05) is 7.05 Å². The highest BCUT2D eigenvalue weighted by Crippen LogP contribution is 2.32. The normalized spacial score (nSPS) is 19.3. The summed E-state index contributed by atoms with van der Waals surface area (Å²) in [5.41, 5.74) is -2.73. The Hall–Kier alpha value is -3.10. The Labute approximate surface area is 176 Å². The molecule has 0 N–H and O–H groups in total. The van der Waals surface area contributed by atoms with Crippen LogP contribution in [0.2, 0.25) is 0 Å². The van der Waals surface area contributed by atoms with Crippen LogP contribution in [-0.2, 0) is 19.1 Å². The number of hydrazone groups is 1. The average molecular weight is 419 g/mol. The van der Waals surface area contributed by atoms with Gasteiger partial charge in [0.05, 0.1) is 0 Å². The molecule has 0 spiro atoms. The van der Waals surface area contributed by atoms with Crippen LogP contribution in [0.5, 0.6) is 0 Å². The van der Waals surface area contributed by atoms with Gasteiger partial charge in [-0.1, -0.05) is 30.3 Å². The highest BCUT2D eigenvalue weighted by atomic mass is 16.8. The smallest absolute Gasteiger partial charge is 0.442 e. The van der Waals surface area contributed by atoms with Gasteiger partial charge in [-0.25, -0.2) is 14.6 Å². The molecule has 0 radical (unpaired) electrons. The maximum absolute atomic E-state index is 13.1. The summed E-state index contributed by atoms with van der Waals surface area (Å²) in [6, 6.07) is 8.83. The van der Waals surface area contributed by atoms with Crippen molar-refractivity contribution >= 4 is 23.9 Å². The van der Waals surface area contributed by atoms with E-state index in [1.54, 1.807) is 65.8 Å². The van der Waals surface area contributed by atoms with E-state index in [9.17, 15) is 14.4 Å². The second kappa shape index (κ2) is 7.97. The number of amides is 2. The van der Waals surface area contributed by atoms with Gasteiger partial charge in [0, 0.05) is 12.6 Å². The van der Waals surface area contributed by atoms with Gasteiger partial charge in [-0.15, -0.1) is 5.06 Å².